The summed E-state index contributed by atoms with van der Waals surface area (Å²) in [5, 5.41) is 0. The number of carbonyl (C=O) groups is 1. The van der Waals surface area contributed by atoms with E-state index in [0.29, 0.717) is 55.0 Å². The van der Waals surface area contributed by atoms with Crippen molar-refractivity contribution in [2.45, 2.75) is 38.9 Å². The molecule has 0 spiro atoms. The molecule has 2 aliphatic rings. The van der Waals surface area contributed by atoms with Crippen molar-refractivity contribution in [1.29, 1.82) is 0 Å². The van der Waals surface area contributed by atoms with Gasteiger partial charge in [-0.25, -0.2) is 14.4 Å². The van der Waals surface area contributed by atoms with Gasteiger partial charge in [0.1, 0.15) is 17.2 Å². The van der Waals surface area contributed by atoms with Gasteiger partial charge >= 0.3 is 12.1 Å². The standard InChI is InChI=1S/C36H42F4N6O3/c1-4-49-31(47)21-46-14-12-45(13-15-46)20-24-6-8-25(9-7-24)33-42-32-30(44(2)22-35(23-48-3)10-5-11-35)19-29(41-34(32)43-33)26-16-27(36(38,39)40)18-28(37)17-26/h6-9,16-19H,4-5,10-15,20-23H2,1-3H3,(H,41,42,43). The van der Waals surface area contributed by atoms with Crippen LogP contribution in [-0.4, -0.2) is 97.4 Å². The Morgan fingerprint density at radius 2 is 1.71 bits per heavy atom. The predicted molar refractivity (Wildman–Crippen MR) is 180 cm³/mol. The van der Waals surface area contributed by atoms with Gasteiger partial charge < -0.3 is 19.4 Å². The first-order valence-electron chi connectivity index (χ1n) is 16.6. The molecule has 1 aliphatic heterocycles. The number of aromatic amines is 1. The molecule has 6 rings (SSSR count). The van der Waals surface area contributed by atoms with Crippen LogP contribution in [0.25, 0.3) is 33.8 Å². The third-order valence-corrected chi connectivity index (χ3v) is 9.57. The largest absolute Gasteiger partial charge is 0.465 e. The van der Waals surface area contributed by atoms with E-state index in [1.165, 1.54) is 0 Å². The number of esters is 1. The molecule has 13 heteroatoms. The van der Waals surface area contributed by atoms with Gasteiger partial charge in [-0.05, 0) is 49.6 Å². The molecular formula is C36H42F4N6O3. The Kier molecular flexibility index (Phi) is 10.2. The molecule has 9 nitrogen and oxygen atoms in total. The second-order valence-electron chi connectivity index (χ2n) is 13.2. The number of hydrogen-bond donors (Lipinski definition) is 1. The van der Waals surface area contributed by atoms with Gasteiger partial charge in [-0.2, -0.15) is 13.2 Å². The third-order valence-electron chi connectivity index (χ3n) is 9.57. The highest BCUT2D eigenvalue weighted by molar-refractivity contribution is 5.91. The number of piperazine rings is 1. The van der Waals surface area contributed by atoms with Crippen LogP contribution in [0.15, 0.2) is 48.5 Å². The molecule has 2 aromatic carbocycles. The molecule has 49 heavy (non-hydrogen) atoms. The number of hydrogen-bond acceptors (Lipinski definition) is 8. The Labute approximate surface area is 283 Å². The number of pyridine rings is 1. The zero-order valence-electron chi connectivity index (χ0n) is 28.1. The lowest BCUT2D eigenvalue weighted by Crippen LogP contribution is -2.47. The Morgan fingerprint density at radius 3 is 2.35 bits per heavy atom. The molecule has 262 valence electrons. The van der Waals surface area contributed by atoms with E-state index in [1.807, 2.05) is 19.2 Å². The molecule has 0 unspecified atom stereocenters. The number of nitrogens with zero attached hydrogens (tertiary/aromatic N) is 5. The summed E-state index contributed by atoms with van der Waals surface area (Å²) in [6.07, 6.45) is -1.58. The Bertz CT molecular complexity index is 1770. The van der Waals surface area contributed by atoms with Crippen molar-refractivity contribution in [3.63, 3.8) is 0 Å². The number of imidazole rings is 1. The number of carbonyl (C=O) groups excluding carboxylic acids is 1. The summed E-state index contributed by atoms with van der Waals surface area (Å²) in [7, 11) is 3.62. The first kappa shape index (κ1) is 34.8. The fourth-order valence-corrected chi connectivity index (χ4v) is 6.90. The van der Waals surface area contributed by atoms with Crippen molar-refractivity contribution < 1.29 is 31.8 Å². The SMILES string of the molecule is CCOC(=O)CN1CCN(Cc2ccc(-c3nc4nc(-c5cc(F)cc(C(F)(F)F)c5)cc(N(C)CC5(COC)CCC5)c4[nH]3)cc2)CC1. The molecule has 4 aromatic rings. The normalized spacial score (nSPS) is 16.9. The van der Waals surface area contributed by atoms with E-state index in [0.717, 1.165) is 75.2 Å². The van der Waals surface area contributed by atoms with E-state index in [9.17, 15) is 22.4 Å². The minimum atomic E-state index is -4.71. The molecular weight excluding hydrogens is 640 g/mol. The van der Waals surface area contributed by atoms with E-state index in [1.54, 1.807) is 20.1 Å². The van der Waals surface area contributed by atoms with E-state index in [-0.39, 0.29) is 22.6 Å². The number of alkyl halides is 3. The van der Waals surface area contributed by atoms with Crippen LogP contribution in [0.1, 0.15) is 37.3 Å². The number of halogens is 4. The zero-order chi connectivity index (χ0) is 34.8. The quantitative estimate of drug-likeness (QED) is 0.136. The van der Waals surface area contributed by atoms with Gasteiger partial charge in [0.05, 0.1) is 36.7 Å². The Hall–Kier alpha value is -4.07. The lowest BCUT2D eigenvalue weighted by atomic mass is 9.69. The van der Waals surface area contributed by atoms with Crippen LogP contribution in [-0.2, 0) is 27.0 Å². The second-order valence-corrected chi connectivity index (χ2v) is 13.2. The van der Waals surface area contributed by atoms with Crippen LogP contribution in [0, 0.1) is 11.2 Å². The molecule has 2 aromatic heterocycles. The molecule has 0 bridgehead atoms. The van der Waals surface area contributed by atoms with Gasteiger partial charge in [-0.1, -0.05) is 30.7 Å². The molecule has 1 aliphatic carbocycles. The number of methoxy groups -OCH3 is 1. The molecule has 2 fully saturated rings. The van der Waals surface area contributed by atoms with Gasteiger partial charge in [0.2, 0.25) is 0 Å². The minimum absolute atomic E-state index is 0.0229. The summed E-state index contributed by atoms with van der Waals surface area (Å²) in [6.45, 7) is 7.81. The average molecular weight is 683 g/mol. The first-order chi connectivity index (χ1) is 23.4. The molecule has 1 saturated heterocycles. The number of H-pyrrole nitrogens is 1. The molecule has 3 heterocycles. The summed E-state index contributed by atoms with van der Waals surface area (Å²) in [6, 6.07) is 12.3. The van der Waals surface area contributed by atoms with Crippen LogP contribution >= 0.6 is 0 Å². The number of benzene rings is 2. The van der Waals surface area contributed by atoms with Gasteiger partial charge in [-0.15, -0.1) is 0 Å². The second kappa shape index (κ2) is 14.4. The predicted octanol–water partition coefficient (Wildman–Crippen LogP) is 6.38. The summed E-state index contributed by atoms with van der Waals surface area (Å²) < 4.78 is 65.9. The lowest BCUT2D eigenvalue weighted by molar-refractivity contribution is -0.145. The number of rotatable bonds is 12. The van der Waals surface area contributed by atoms with Gasteiger partial charge in [0, 0.05) is 70.0 Å². The van der Waals surface area contributed by atoms with Crippen molar-refractivity contribution in [3.8, 4) is 22.6 Å². The van der Waals surface area contributed by atoms with Crippen molar-refractivity contribution in [1.82, 2.24) is 24.8 Å². The summed E-state index contributed by atoms with van der Waals surface area (Å²) in [5.74, 6) is -0.615. The monoisotopic (exact) mass is 682 g/mol. The fourth-order valence-electron chi connectivity index (χ4n) is 6.90. The van der Waals surface area contributed by atoms with E-state index in [2.05, 4.69) is 36.8 Å². The number of ether oxygens (including phenoxy) is 2. The number of fused-ring (bicyclic) bond motifs is 1. The van der Waals surface area contributed by atoms with Crippen molar-refractivity contribution >= 4 is 22.8 Å². The minimum Gasteiger partial charge on any atom is -0.465 e. The highest BCUT2D eigenvalue weighted by Gasteiger charge is 2.38. The maximum absolute atomic E-state index is 14.5. The Balaban J connectivity index is 1.26. The average Bonchev–Trinajstić information content (AvgIpc) is 3.48. The van der Waals surface area contributed by atoms with Crippen LogP contribution < -0.4 is 4.90 Å². The van der Waals surface area contributed by atoms with Gasteiger partial charge in [0.15, 0.2) is 5.65 Å². The summed E-state index contributed by atoms with van der Waals surface area (Å²) >= 11 is 0. The van der Waals surface area contributed by atoms with Crippen LogP contribution in [0.4, 0.5) is 23.2 Å². The lowest BCUT2D eigenvalue weighted by Gasteiger charge is -2.44. The highest BCUT2D eigenvalue weighted by Crippen LogP contribution is 2.43. The molecule has 1 saturated carbocycles. The van der Waals surface area contributed by atoms with E-state index >= 15 is 0 Å². The Morgan fingerprint density at radius 1 is 1.00 bits per heavy atom. The maximum Gasteiger partial charge on any atom is 0.416 e. The summed E-state index contributed by atoms with van der Waals surface area (Å²) in [5.41, 5.74) is 2.75. The highest BCUT2D eigenvalue weighted by atomic mass is 19.4. The number of anilines is 1. The van der Waals surface area contributed by atoms with Crippen molar-refractivity contribution in [2.24, 2.45) is 5.41 Å². The molecule has 0 amide bonds. The topological polar surface area (TPSA) is 86.8 Å². The van der Waals surface area contributed by atoms with Crippen molar-refractivity contribution in [2.75, 3.05) is 71.5 Å². The third kappa shape index (κ3) is 8.05. The smallest absolute Gasteiger partial charge is 0.416 e. The first-order valence-corrected chi connectivity index (χ1v) is 16.6. The molecule has 1 N–H and O–H groups in total. The summed E-state index contributed by atoms with van der Waals surface area (Å²) in [4.78, 5) is 31.2. The van der Waals surface area contributed by atoms with E-state index in [4.69, 9.17) is 14.5 Å². The fraction of sp³-hybridized carbons (Fsp3) is 0.472. The van der Waals surface area contributed by atoms with Gasteiger partial charge in [-0.3, -0.25) is 14.6 Å². The van der Waals surface area contributed by atoms with Crippen LogP contribution in [0.5, 0.6) is 0 Å². The van der Waals surface area contributed by atoms with Crippen LogP contribution in [0.3, 0.4) is 0 Å². The zero-order valence-corrected chi connectivity index (χ0v) is 28.1. The number of nitrogens with one attached hydrogen (secondary N) is 1. The number of aromatic nitrogens is 3. The van der Waals surface area contributed by atoms with Crippen molar-refractivity contribution in [3.05, 3.63) is 65.5 Å². The molecule has 0 atom stereocenters. The molecule has 0 radical (unpaired) electrons. The van der Waals surface area contributed by atoms with Gasteiger partial charge in [0.25, 0.3) is 0 Å². The van der Waals surface area contributed by atoms with Crippen LogP contribution in [0.2, 0.25) is 0 Å². The maximum atomic E-state index is 14.5. The van der Waals surface area contributed by atoms with E-state index < -0.39 is 17.6 Å².